The number of aryl methyl sites for hydroxylation is 2. The maximum absolute atomic E-state index is 13.8. The minimum atomic E-state index is -1.74. The molecule has 1 unspecified atom stereocenters. The van der Waals surface area contributed by atoms with Crippen molar-refractivity contribution in [3.63, 3.8) is 0 Å². The van der Waals surface area contributed by atoms with Gasteiger partial charge in [-0.05, 0) is 0 Å². The molecule has 0 heterocycles. The Kier molecular flexibility index (Phi) is 12.3. The molecular formula is C26H45N2OP. The second-order valence-corrected chi connectivity index (χ2v) is 14.0. The van der Waals surface area contributed by atoms with Gasteiger partial charge in [0, 0.05) is 0 Å². The molecule has 1 amide bonds. The average molecular weight is 433 g/mol. The maximum atomic E-state index is 13.8. The summed E-state index contributed by atoms with van der Waals surface area (Å²) in [5.41, 5.74) is 3.72. The van der Waals surface area contributed by atoms with Crippen LogP contribution in [0.5, 0.6) is 0 Å². The van der Waals surface area contributed by atoms with Crippen molar-refractivity contribution in [2.24, 2.45) is 0 Å². The van der Waals surface area contributed by atoms with E-state index in [4.69, 9.17) is 0 Å². The van der Waals surface area contributed by atoms with Gasteiger partial charge in [-0.15, -0.1) is 0 Å². The summed E-state index contributed by atoms with van der Waals surface area (Å²) >= 11 is 0. The Labute approximate surface area is 186 Å². The molecule has 0 saturated carbocycles. The van der Waals surface area contributed by atoms with Crippen molar-refractivity contribution in [3.8, 4) is 6.07 Å². The van der Waals surface area contributed by atoms with Crippen LogP contribution in [0.2, 0.25) is 0 Å². The van der Waals surface area contributed by atoms with Crippen molar-refractivity contribution in [1.82, 2.24) is 0 Å². The Bertz CT molecular complexity index is 663. The number of unbranched alkanes of at least 4 members (excludes halogenated alkanes) is 3. The van der Waals surface area contributed by atoms with E-state index in [1.165, 1.54) is 57.0 Å². The molecule has 1 atom stereocenters. The van der Waals surface area contributed by atoms with Gasteiger partial charge in [0.25, 0.3) is 0 Å². The molecule has 1 aromatic carbocycles. The monoisotopic (exact) mass is 432 g/mol. The number of rotatable bonds is 14. The molecule has 0 radical (unpaired) electrons. The zero-order valence-electron chi connectivity index (χ0n) is 20.4. The molecule has 0 aliphatic heterocycles. The van der Waals surface area contributed by atoms with Crippen LogP contribution in [0, 0.1) is 25.2 Å². The van der Waals surface area contributed by atoms with Gasteiger partial charge >= 0.3 is 186 Å². The third-order valence-corrected chi connectivity index (χ3v) is 12.7. The first kappa shape index (κ1) is 26.6. The quantitative estimate of drug-likeness (QED) is 0.311. The number of carbonyl (C=O) groups excluding carboxylic acids is 1. The third kappa shape index (κ3) is 7.39. The SMILES string of the molecule is CCCC[PH](CCCC)(CCCC)C(CCC)C(=O)Nc1c(C)cc(C#N)cc1C. The second-order valence-electron chi connectivity index (χ2n) is 9.10. The zero-order valence-corrected chi connectivity index (χ0v) is 21.4. The Hall–Kier alpha value is -1.39. The van der Waals surface area contributed by atoms with E-state index in [2.05, 4.69) is 39.1 Å². The molecule has 0 aliphatic rings. The van der Waals surface area contributed by atoms with Crippen LogP contribution in [0.3, 0.4) is 0 Å². The van der Waals surface area contributed by atoms with E-state index < -0.39 is 7.26 Å². The first-order chi connectivity index (χ1) is 14.4. The van der Waals surface area contributed by atoms with E-state index >= 15 is 0 Å². The van der Waals surface area contributed by atoms with Gasteiger partial charge in [-0.2, -0.15) is 0 Å². The molecule has 30 heavy (non-hydrogen) atoms. The second kappa shape index (κ2) is 13.8. The summed E-state index contributed by atoms with van der Waals surface area (Å²) in [4.78, 5) is 13.8. The predicted octanol–water partition coefficient (Wildman–Crippen LogP) is 7.43. The average Bonchev–Trinajstić information content (AvgIpc) is 2.74. The van der Waals surface area contributed by atoms with E-state index in [9.17, 15) is 10.1 Å². The molecule has 4 heteroatoms. The van der Waals surface area contributed by atoms with Crippen LogP contribution in [0.15, 0.2) is 12.1 Å². The molecule has 0 bridgehead atoms. The summed E-state index contributed by atoms with van der Waals surface area (Å²) in [6, 6.07) is 5.98. The summed E-state index contributed by atoms with van der Waals surface area (Å²) in [5.74, 6) is 0.239. The van der Waals surface area contributed by atoms with Crippen molar-refractivity contribution in [3.05, 3.63) is 28.8 Å². The minimum absolute atomic E-state index is 0.182. The van der Waals surface area contributed by atoms with E-state index in [-0.39, 0.29) is 11.6 Å². The third-order valence-electron chi connectivity index (χ3n) is 6.63. The van der Waals surface area contributed by atoms with Gasteiger partial charge in [0.05, 0.1) is 0 Å². The molecule has 170 valence electrons. The van der Waals surface area contributed by atoms with Gasteiger partial charge in [0.2, 0.25) is 0 Å². The van der Waals surface area contributed by atoms with Gasteiger partial charge in [0.15, 0.2) is 0 Å². The number of hydrogen-bond acceptors (Lipinski definition) is 2. The van der Waals surface area contributed by atoms with Gasteiger partial charge in [-0.25, -0.2) is 0 Å². The summed E-state index contributed by atoms with van der Waals surface area (Å²) in [5, 5.41) is 12.6. The number of nitrogens with zero attached hydrogens (tertiary/aromatic N) is 1. The van der Waals surface area contributed by atoms with Crippen molar-refractivity contribution in [1.29, 1.82) is 5.26 Å². The van der Waals surface area contributed by atoms with E-state index in [0.717, 1.165) is 29.7 Å². The van der Waals surface area contributed by atoms with Crippen molar-refractivity contribution in [2.75, 3.05) is 23.8 Å². The zero-order chi connectivity index (χ0) is 22.6. The van der Waals surface area contributed by atoms with E-state index in [1.807, 2.05) is 26.0 Å². The van der Waals surface area contributed by atoms with Crippen LogP contribution in [-0.4, -0.2) is 30.1 Å². The van der Waals surface area contributed by atoms with Crippen LogP contribution in [0.1, 0.15) is 95.8 Å². The topological polar surface area (TPSA) is 52.9 Å². The molecule has 1 rings (SSSR count). The normalized spacial score (nSPS) is 13.0. The molecule has 3 nitrogen and oxygen atoms in total. The van der Waals surface area contributed by atoms with Crippen LogP contribution in [-0.2, 0) is 4.79 Å². The molecule has 0 fully saturated rings. The fourth-order valence-electron chi connectivity index (χ4n) is 4.92. The van der Waals surface area contributed by atoms with Crippen molar-refractivity contribution in [2.45, 2.75) is 98.6 Å². The molecule has 1 N–H and O–H groups in total. The summed E-state index contributed by atoms with van der Waals surface area (Å²) < 4.78 is 0. The van der Waals surface area contributed by atoms with Crippen molar-refractivity contribution >= 4 is 18.9 Å². The summed E-state index contributed by atoms with van der Waals surface area (Å²) in [6.07, 6.45) is 13.3. The van der Waals surface area contributed by atoms with Gasteiger partial charge < -0.3 is 0 Å². The summed E-state index contributed by atoms with van der Waals surface area (Å²) in [6.45, 7) is 13.0. The van der Waals surface area contributed by atoms with Crippen LogP contribution < -0.4 is 5.32 Å². The van der Waals surface area contributed by atoms with Gasteiger partial charge in [-0.3, -0.25) is 0 Å². The van der Waals surface area contributed by atoms with Gasteiger partial charge in [0.1, 0.15) is 0 Å². The van der Waals surface area contributed by atoms with E-state index in [0.29, 0.717) is 5.56 Å². The fraction of sp³-hybridized carbons (Fsp3) is 0.692. The standard InChI is InChI=1S/C26H45N2OP/c1-7-11-15-30(16-12-8-2,17-13-9-3)24(14-10-4)26(29)28-25-21(5)18-23(20-27)19-22(25)6/h18-19,24,30H,7-17H2,1-6H3,(H,28,29). The number of anilines is 1. The number of benzene rings is 1. The number of carbonyl (C=O) groups is 1. The predicted molar refractivity (Wildman–Crippen MR) is 136 cm³/mol. The number of nitrogens with one attached hydrogen (secondary N) is 1. The Morgan fingerprint density at radius 3 is 1.77 bits per heavy atom. The molecular weight excluding hydrogens is 387 g/mol. The van der Waals surface area contributed by atoms with Crippen LogP contribution in [0.25, 0.3) is 0 Å². The van der Waals surface area contributed by atoms with Crippen LogP contribution in [0.4, 0.5) is 5.69 Å². The van der Waals surface area contributed by atoms with Gasteiger partial charge in [-0.1, -0.05) is 0 Å². The molecule has 1 aromatic rings. The Morgan fingerprint density at radius 2 is 1.40 bits per heavy atom. The first-order valence-corrected chi connectivity index (χ1v) is 14.9. The van der Waals surface area contributed by atoms with E-state index in [1.54, 1.807) is 0 Å². The fourth-order valence-corrected chi connectivity index (χ4v) is 11.4. The van der Waals surface area contributed by atoms with Crippen LogP contribution >= 0.6 is 7.26 Å². The molecule has 0 spiro atoms. The summed E-state index contributed by atoms with van der Waals surface area (Å²) in [7, 11) is -1.74. The number of hydrogen-bond donors (Lipinski definition) is 1. The number of nitriles is 1. The molecule has 0 saturated heterocycles. The Morgan fingerprint density at radius 1 is 0.933 bits per heavy atom. The van der Waals surface area contributed by atoms with Crippen molar-refractivity contribution < 1.29 is 4.79 Å². The Balaban J connectivity index is 3.30. The molecule has 0 aliphatic carbocycles. The number of amides is 1. The molecule has 0 aromatic heterocycles. The first-order valence-electron chi connectivity index (χ1n) is 12.2.